The quantitative estimate of drug-likeness (QED) is 0.373. The number of halogens is 1. The number of guanidine groups is 1. The first-order chi connectivity index (χ1) is 12.0. The first-order valence-electron chi connectivity index (χ1n) is 8.92. The summed E-state index contributed by atoms with van der Waals surface area (Å²) >= 11 is 1.70. The molecule has 0 saturated carbocycles. The standard InChI is InChI=1S/C17H29N5O2S.HI/c1-5-18-16(19-11-15-20-12(3)13(4)25-15)21-14-7-9-22(10-8-14)17(23)24-6-2;/h14H,5-11H2,1-4H3,(H2,18,19,21);1H. The third-order valence-corrected chi connectivity index (χ3v) is 5.21. The van der Waals surface area contributed by atoms with Crippen LogP contribution in [0.15, 0.2) is 4.99 Å². The Labute approximate surface area is 177 Å². The first kappa shape index (κ1) is 22.9. The Bertz CT molecular complexity index is 580. The molecule has 0 radical (unpaired) electrons. The highest BCUT2D eigenvalue weighted by Crippen LogP contribution is 2.17. The van der Waals surface area contributed by atoms with Gasteiger partial charge in [-0.15, -0.1) is 35.3 Å². The van der Waals surface area contributed by atoms with Gasteiger partial charge >= 0.3 is 6.09 Å². The molecule has 148 valence electrons. The third-order valence-electron chi connectivity index (χ3n) is 4.15. The van der Waals surface area contributed by atoms with Crippen molar-refractivity contribution >= 4 is 47.4 Å². The fourth-order valence-corrected chi connectivity index (χ4v) is 3.55. The molecule has 2 rings (SSSR count). The van der Waals surface area contributed by atoms with Crippen LogP contribution in [0.3, 0.4) is 0 Å². The van der Waals surface area contributed by atoms with E-state index in [0.717, 1.165) is 36.0 Å². The maximum absolute atomic E-state index is 11.8. The van der Waals surface area contributed by atoms with Crippen LogP contribution < -0.4 is 10.6 Å². The molecule has 1 aromatic heterocycles. The Morgan fingerprint density at radius 1 is 1.35 bits per heavy atom. The van der Waals surface area contributed by atoms with E-state index in [1.807, 2.05) is 13.8 Å². The number of ether oxygens (including phenoxy) is 1. The lowest BCUT2D eigenvalue weighted by Crippen LogP contribution is -2.49. The van der Waals surface area contributed by atoms with Crippen molar-refractivity contribution in [3.8, 4) is 0 Å². The van der Waals surface area contributed by atoms with Crippen LogP contribution in [0, 0.1) is 13.8 Å². The number of hydrogen-bond acceptors (Lipinski definition) is 5. The highest BCUT2D eigenvalue weighted by molar-refractivity contribution is 14.0. The topological polar surface area (TPSA) is 78.9 Å². The van der Waals surface area contributed by atoms with E-state index >= 15 is 0 Å². The van der Waals surface area contributed by atoms with E-state index in [2.05, 4.69) is 34.5 Å². The summed E-state index contributed by atoms with van der Waals surface area (Å²) < 4.78 is 5.06. The van der Waals surface area contributed by atoms with E-state index < -0.39 is 0 Å². The maximum atomic E-state index is 11.8. The minimum absolute atomic E-state index is 0. The zero-order valence-electron chi connectivity index (χ0n) is 16.0. The van der Waals surface area contributed by atoms with Gasteiger partial charge in [0.05, 0.1) is 18.8 Å². The van der Waals surface area contributed by atoms with Gasteiger partial charge in [-0.1, -0.05) is 0 Å². The molecule has 1 fully saturated rings. The highest BCUT2D eigenvalue weighted by Gasteiger charge is 2.24. The Balaban J connectivity index is 0.00000338. The van der Waals surface area contributed by atoms with Crippen molar-refractivity contribution in [3.63, 3.8) is 0 Å². The van der Waals surface area contributed by atoms with Crippen molar-refractivity contribution in [2.24, 2.45) is 4.99 Å². The average Bonchev–Trinajstić information content (AvgIpc) is 2.92. The van der Waals surface area contributed by atoms with E-state index in [4.69, 9.17) is 4.74 Å². The summed E-state index contributed by atoms with van der Waals surface area (Å²) in [6.07, 6.45) is 1.56. The summed E-state index contributed by atoms with van der Waals surface area (Å²) in [6.45, 7) is 11.2. The van der Waals surface area contributed by atoms with Crippen LogP contribution in [0.25, 0.3) is 0 Å². The fraction of sp³-hybridized carbons (Fsp3) is 0.706. The van der Waals surface area contributed by atoms with Gasteiger partial charge in [0.15, 0.2) is 5.96 Å². The molecular formula is C17H30IN5O2S. The molecule has 1 aliphatic rings. The zero-order valence-corrected chi connectivity index (χ0v) is 19.1. The number of carbonyl (C=O) groups excluding carboxylic acids is 1. The van der Waals surface area contributed by atoms with Gasteiger partial charge in [-0.3, -0.25) is 0 Å². The van der Waals surface area contributed by atoms with Crippen LogP contribution in [0.2, 0.25) is 0 Å². The lowest BCUT2D eigenvalue weighted by molar-refractivity contribution is 0.0963. The van der Waals surface area contributed by atoms with Crippen molar-refractivity contribution in [3.05, 3.63) is 15.6 Å². The van der Waals surface area contributed by atoms with Crippen LogP contribution in [0.1, 0.15) is 42.3 Å². The van der Waals surface area contributed by atoms with Gasteiger partial charge in [0.2, 0.25) is 0 Å². The Hall–Kier alpha value is -1.10. The predicted octanol–water partition coefficient (Wildman–Crippen LogP) is 3.05. The number of aliphatic imine (C=N–C) groups is 1. The number of thiazole rings is 1. The van der Waals surface area contributed by atoms with Gasteiger partial charge in [-0.05, 0) is 40.5 Å². The van der Waals surface area contributed by atoms with E-state index in [9.17, 15) is 4.79 Å². The normalized spacial score (nSPS) is 15.4. The molecule has 0 bridgehead atoms. The van der Waals surface area contributed by atoms with E-state index in [-0.39, 0.29) is 30.1 Å². The van der Waals surface area contributed by atoms with E-state index in [1.54, 1.807) is 16.2 Å². The number of nitrogens with one attached hydrogen (secondary N) is 2. The van der Waals surface area contributed by atoms with Crippen molar-refractivity contribution in [2.45, 2.75) is 53.1 Å². The minimum atomic E-state index is -0.212. The number of carbonyl (C=O) groups is 1. The predicted molar refractivity (Wildman–Crippen MR) is 117 cm³/mol. The molecule has 2 heterocycles. The Morgan fingerprint density at radius 2 is 2.04 bits per heavy atom. The summed E-state index contributed by atoms with van der Waals surface area (Å²) in [5, 5.41) is 7.80. The molecule has 1 aliphatic heterocycles. The fourth-order valence-electron chi connectivity index (χ4n) is 2.69. The van der Waals surface area contributed by atoms with Crippen molar-refractivity contribution < 1.29 is 9.53 Å². The number of rotatable bonds is 5. The number of hydrogen-bond donors (Lipinski definition) is 2. The van der Waals surface area contributed by atoms with Crippen LogP contribution in [-0.2, 0) is 11.3 Å². The van der Waals surface area contributed by atoms with Crippen molar-refractivity contribution in [1.29, 1.82) is 0 Å². The molecule has 0 spiro atoms. The van der Waals surface area contributed by atoms with Gasteiger partial charge in [-0.2, -0.15) is 0 Å². The zero-order chi connectivity index (χ0) is 18.2. The number of piperidine rings is 1. The highest BCUT2D eigenvalue weighted by atomic mass is 127. The molecular weight excluding hydrogens is 465 g/mol. The Kier molecular flexibility index (Phi) is 10.2. The number of aryl methyl sites for hydroxylation is 2. The SMILES string of the molecule is CCNC(=NCc1nc(C)c(C)s1)NC1CCN(C(=O)OCC)CC1.I. The van der Waals surface area contributed by atoms with Crippen LogP contribution >= 0.6 is 35.3 Å². The molecule has 1 amide bonds. The molecule has 7 nitrogen and oxygen atoms in total. The first-order valence-corrected chi connectivity index (χ1v) is 9.74. The smallest absolute Gasteiger partial charge is 0.409 e. The number of aromatic nitrogens is 1. The van der Waals surface area contributed by atoms with Crippen LogP contribution in [0.4, 0.5) is 4.79 Å². The molecule has 1 aromatic rings. The summed E-state index contributed by atoms with van der Waals surface area (Å²) in [5.74, 6) is 0.808. The lowest BCUT2D eigenvalue weighted by atomic mass is 10.1. The summed E-state index contributed by atoms with van der Waals surface area (Å²) in [5.41, 5.74) is 1.08. The van der Waals surface area contributed by atoms with Crippen LogP contribution in [-0.4, -0.2) is 54.2 Å². The minimum Gasteiger partial charge on any atom is -0.450 e. The van der Waals surface area contributed by atoms with Gasteiger partial charge < -0.3 is 20.3 Å². The summed E-state index contributed by atoms with van der Waals surface area (Å²) in [7, 11) is 0. The maximum Gasteiger partial charge on any atom is 0.409 e. The number of likely N-dealkylation sites (tertiary alicyclic amines) is 1. The molecule has 9 heteroatoms. The number of amides is 1. The molecule has 0 aromatic carbocycles. The molecule has 26 heavy (non-hydrogen) atoms. The molecule has 1 saturated heterocycles. The number of nitrogens with zero attached hydrogens (tertiary/aromatic N) is 3. The summed E-state index contributed by atoms with van der Waals surface area (Å²) in [4.78, 5) is 24.0. The average molecular weight is 495 g/mol. The summed E-state index contributed by atoms with van der Waals surface area (Å²) in [6, 6.07) is 0.309. The Morgan fingerprint density at radius 3 is 2.58 bits per heavy atom. The van der Waals surface area contributed by atoms with E-state index in [1.165, 1.54) is 4.88 Å². The van der Waals surface area contributed by atoms with Gasteiger partial charge in [0, 0.05) is 30.6 Å². The monoisotopic (exact) mass is 495 g/mol. The second-order valence-electron chi connectivity index (χ2n) is 6.05. The second-order valence-corrected chi connectivity index (χ2v) is 7.34. The third kappa shape index (κ3) is 6.90. The van der Waals surface area contributed by atoms with Crippen molar-refractivity contribution in [1.82, 2.24) is 20.5 Å². The van der Waals surface area contributed by atoms with Gasteiger partial charge in [0.25, 0.3) is 0 Å². The molecule has 0 atom stereocenters. The molecule has 0 aliphatic carbocycles. The van der Waals surface area contributed by atoms with Gasteiger partial charge in [-0.25, -0.2) is 14.8 Å². The lowest BCUT2D eigenvalue weighted by Gasteiger charge is -2.32. The molecule has 0 unspecified atom stereocenters. The van der Waals surface area contributed by atoms with E-state index in [0.29, 0.717) is 32.3 Å². The van der Waals surface area contributed by atoms with Gasteiger partial charge in [0.1, 0.15) is 5.01 Å². The molecule has 2 N–H and O–H groups in total. The van der Waals surface area contributed by atoms with Crippen molar-refractivity contribution in [2.75, 3.05) is 26.2 Å². The second kappa shape index (κ2) is 11.6. The largest absolute Gasteiger partial charge is 0.450 e. The van der Waals surface area contributed by atoms with Crippen LogP contribution in [0.5, 0.6) is 0 Å².